The van der Waals surface area contributed by atoms with Gasteiger partial charge in [0.25, 0.3) is 0 Å². The number of aryl methyl sites for hydroxylation is 1. The van der Waals surface area contributed by atoms with Gasteiger partial charge in [-0.3, -0.25) is 9.59 Å². The minimum absolute atomic E-state index is 0.0985. The van der Waals surface area contributed by atoms with E-state index in [1.54, 1.807) is 6.08 Å². The first kappa shape index (κ1) is 21.8. The molecular formula is C25H28O5. The molecule has 0 aromatic heterocycles. The number of ketones is 1. The van der Waals surface area contributed by atoms with Gasteiger partial charge < -0.3 is 14.9 Å². The van der Waals surface area contributed by atoms with Crippen molar-refractivity contribution < 1.29 is 24.5 Å². The van der Waals surface area contributed by atoms with Gasteiger partial charge in [0.05, 0.1) is 17.8 Å². The molecule has 5 nitrogen and oxygen atoms in total. The Hall–Kier alpha value is -2.92. The number of hydrogen-bond donors (Lipinski definition) is 2. The Labute approximate surface area is 177 Å². The molecule has 0 saturated heterocycles. The third-order valence-electron chi connectivity index (χ3n) is 5.57. The summed E-state index contributed by atoms with van der Waals surface area (Å²) in [6, 6.07) is 19.2. The minimum Gasteiger partial charge on any atom is -0.512 e. The molecule has 3 atom stereocenters. The van der Waals surface area contributed by atoms with Crippen molar-refractivity contribution in [2.75, 3.05) is 0 Å². The molecule has 2 aromatic rings. The largest absolute Gasteiger partial charge is 0.512 e. The molecule has 3 rings (SSSR count). The Morgan fingerprint density at radius 3 is 2.30 bits per heavy atom. The molecule has 0 heterocycles. The fourth-order valence-electron chi connectivity index (χ4n) is 4.25. The number of Topliss-reactive ketones (excluding diaryl/α,β-unsaturated/α-hetero) is 1. The highest BCUT2D eigenvalue weighted by atomic mass is 16.6. The number of benzene rings is 2. The minimum atomic E-state index is -1.60. The Balaban J connectivity index is 1.80. The van der Waals surface area contributed by atoms with Crippen LogP contribution in [0.3, 0.4) is 0 Å². The Morgan fingerprint density at radius 1 is 1.10 bits per heavy atom. The molecule has 1 aliphatic rings. The van der Waals surface area contributed by atoms with Crippen LogP contribution in [0.15, 0.2) is 72.5 Å². The van der Waals surface area contributed by atoms with Crippen LogP contribution in [0, 0.1) is 5.92 Å². The highest BCUT2D eigenvalue weighted by Gasteiger charge is 2.59. The molecule has 0 bridgehead atoms. The maximum atomic E-state index is 12.9. The molecule has 2 N–H and O–H groups in total. The second-order valence-electron chi connectivity index (χ2n) is 7.82. The average molecular weight is 408 g/mol. The molecular weight excluding hydrogens is 380 g/mol. The predicted molar refractivity (Wildman–Crippen MR) is 114 cm³/mol. The van der Waals surface area contributed by atoms with Crippen molar-refractivity contribution >= 4 is 11.8 Å². The SMILES string of the molecule is CC(=O)OC1(Cc2ccccc2)C(=O)CC(O)C1/C(O)=C\CCCc1ccccc1. The summed E-state index contributed by atoms with van der Waals surface area (Å²) < 4.78 is 5.55. The van der Waals surface area contributed by atoms with Crippen molar-refractivity contribution in [3.8, 4) is 0 Å². The van der Waals surface area contributed by atoms with E-state index in [2.05, 4.69) is 12.1 Å². The zero-order valence-electron chi connectivity index (χ0n) is 17.2. The van der Waals surface area contributed by atoms with Crippen molar-refractivity contribution in [3.63, 3.8) is 0 Å². The monoisotopic (exact) mass is 408 g/mol. The number of allylic oxidation sites excluding steroid dienone is 1. The first-order chi connectivity index (χ1) is 14.4. The van der Waals surface area contributed by atoms with Gasteiger partial charge in [0.1, 0.15) is 0 Å². The molecule has 0 aliphatic heterocycles. The first-order valence-corrected chi connectivity index (χ1v) is 10.3. The number of hydrogen-bond acceptors (Lipinski definition) is 5. The lowest BCUT2D eigenvalue weighted by Crippen LogP contribution is -2.49. The van der Waals surface area contributed by atoms with Gasteiger partial charge in [-0.05, 0) is 36.5 Å². The van der Waals surface area contributed by atoms with E-state index < -0.39 is 23.6 Å². The molecule has 3 unspecified atom stereocenters. The summed E-state index contributed by atoms with van der Waals surface area (Å²) in [5.74, 6) is -2.07. The molecule has 0 radical (unpaired) electrons. The van der Waals surface area contributed by atoms with Crippen LogP contribution in [0.4, 0.5) is 0 Å². The number of aliphatic hydroxyl groups excluding tert-OH is 2. The lowest BCUT2D eigenvalue weighted by atomic mass is 9.81. The normalized spacial score (nSPS) is 24.1. The maximum Gasteiger partial charge on any atom is 0.303 e. The Bertz CT molecular complexity index is 890. The van der Waals surface area contributed by atoms with Crippen LogP contribution in [0.2, 0.25) is 0 Å². The molecule has 158 valence electrons. The molecule has 1 aliphatic carbocycles. The molecule has 0 amide bonds. The van der Waals surface area contributed by atoms with Crippen molar-refractivity contribution in [2.24, 2.45) is 5.92 Å². The fourth-order valence-corrected chi connectivity index (χ4v) is 4.25. The van der Waals surface area contributed by atoms with E-state index in [1.165, 1.54) is 12.5 Å². The van der Waals surface area contributed by atoms with Gasteiger partial charge in [-0.15, -0.1) is 0 Å². The molecule has 2 aromatic carbocycles. The van der Waals surface area contributed by atoms with E-state index in [-0.39, 0.29) is 24.4 Å². The predicted octanol–water partition coefficient (Wildman–Crippen LogP) is 3.95. The van der Waals surface area contributed by atoms with Crippen LogP contribution in [-0.4, -0.2) is 33.7 Å². The zero-order chi connectivity index (χ0) is 21.6. The maximum absolute atomic E-state index is 12.9. The summed E-state index contributed by atoms with van der Waals surface area (Å²) in [5.41, 5.74) is 0.398. The van der Waals surface area contributed by atoms with E-state index >= 15 is 0 Å². The Morgan fingerprint density at radius 2 is 1.70 bits per heavy atom. The summed E-state index contributed by atoms with van der Waals surface area (Å²) >= 11 is 0. The van der Waals surface area contributed by atoms with Gasteiger partial charge in [-0.2, -0.15) is 0 Å². The van der Waals surface area contributed by atoms with Crippen molar-refractivity contribution in [3.05, 3.63) is 83.6 Å². The quantitative estimate of drug-likeness (QED) is 0.393. The molecule has 5 heteroatoms. The fraction of sp³-hybridized carbons (Fsp3) is 0.360. The number of esters is 1. The van der Waals surface area contributed by atoms with Crippen LogP contribution < -0.4 is 0 Å². The number of carbonyl (C=O) groups excluding carboxylic acids is 2. The zero-order valence-corrected chi connectivity index (χ0v) is 17.2. The number of carbonyl (C=O) groups is 2. The second-order valence-corrected chi connectivity index (χ2v) is 7.82. The summed E-state index contributed by atoms with van der Waals surface area (Å²) in [6.07, 6.45) is 2.73. The topological polar surface area (TPSA) is 83.8 Å². The van der Waals surface area contributed by atoms with E-state index in [4.69, 9.17) is 4.74 Å². The average Bonchev–Trinajstić information content (AvgIpc) is 2.95. The van der Waals surface area contributed by atoms with Crippen LogP contribution in [0.5, 0.6) is 0 Å². The van der Waals surface area contributed by atoms with Crippen LogP contribution in [0.1, 0.15) is 37.3 Å². The van der Waals surface area contributed by atoms with Crippen LogP contribution >= 0.6 is 0 Å². The Kier molecular flexibility index (Phi) is 7.06. The van der Waals surface area contributed by atoms with Gasteiger partial charge in [-0.25, -0.2) is 0 Å². The summed E-state index contributed by atoms with van der Waals surface area (Å²) in [5, 5.41) is 21.4. The summed E-state index contributed by atoms with van der Waals surface area (Å²) in [7, 11) is 0. The standard InChI is InChI=1S/C25H28O5/c1-18(26)30-25(17-20-13-6-3-7-14-20)23(29)16-22(28)24(25)21(27)15-9-8-12-19-10-4-2-5-11-19/h2-7,10-11,13-15,22,24,27-28H,8-9,12,16-17H2,1H3/b21-15+. The highest BCUT2D eigenvalue weighted by molar-refractivity contribution is 5.93. The van der Waals surface area contributed by atoms with Crippen LogP contribution in [0.25, 0.3) is 0 Å². The van der Waals surface area contributed by atoms with E-state index in [9.17, 15) is 19.8 Å². The third-order valence-corrected chi connectivity index (χ3v) is 5.57. The van der Waals surface area contributed by atoms with Gasteiger partial charge in [0.2, 0.25) is 0 Å². The molecule has 1 saturated carbocycles. The van der Waals surface area contributed by atoms with E-state index in [1.807, 2.05) is 48.5 Å². The summed E-state index contributed by atoms with van der Waals surface area (Å²) in [6.45, 7) is 1.24. The number of unbranched alkanes of at least 4 members (excludes halogenated alkanes) is 1. The van der Waals surface area contributed by atoms with Crippen molar-refractivity contribution in [1.82, 2.24) is 0 Å². The van der Waals surface area contributed by atoms with Gasteiger partial charge in [-0.1, -0.05) is 60.7 Å². The highest BCUT2D eigenvalue weighted by Crippen LogP contribution is 2.42. The van der Waals surface area contributed by atoms with Crippen molar-refractivity contribution in [1.29, 1.82) is 0 Å². The summed E-state index contributed by atoms with van der Waals surface area (Å²) in [4.78, 5) is 24.8. The third kappa shape index (κ3) is 4.97. The van der Waals surface area contributed by atoms with Gasteiger partial charge in [0, 0.05) is 19.8 Å². The van der Waals surface area contributed by atoms with E-state index in [0.29, 0.717) is 6.42 Å². The van der Waals surface area contributed by atoms with Crippen LogP contribution in [-0.2, 0) is 27.2 Å². The molecule has 30 heavy (non-hydrogen) atoms. The smallest absolute Gasteiger partial charge is 0.303 e. The second kappa shape index (κ2) is 9.72. The number of rotatable bonds is 8. The number of aliphatic hydroxyl groups is 2. The lowest BCUT2D eigenvalue weighted by molar-refractivity contribution is -0.168. The molecule has 0 spiro atoms. The van der Waals surface area contributed by atoms with Gasteiger partial charge in [0.15, 0.2) is 11.4 Å². The van der Waals surface area contributed by atoms with Gasteiger partial charge >= 0.3 is 5.97 Å². The van der Waals surface area contributed by atoms with Crippen molar-refractivity contribution in [2.45, 2.75) is 50.7 Å². The molecule has 1 fully saturated rings. The lowest BCUT2D eigenvalue weighted by Gasteiger charge is -2.34. The number of ether oxygens (including phenoxy) is 1. The van der Waals surface area contributed by atoms with E-state index in [0.717, 1.165) is 18.4 Å². The first-order valence-electron chi connectivity index (χ1n) is 10.3.